The van der Waals surface area contributed by atoms with E-state index < -0.39 is 0 Å². The van der Waals surface area contributed by atoms with Crippen molar-refractivity contribution in [2.75, 3.05) is 0 Å². The van der Waals surface area contributed by atoms with Gasteiger partial charge in [-0.15, -0.1) is 0 Å². The van der Waals surface area contributed by atoms with Gasteiger partial charge in [0.05, 0.1) is 5.41 Å². The number of benzene rings is 6. The Morgan fingerprint density at radius 1 is 0.508 bits per heavy atom. The molecule has 6 aromatic rings. The molecule has 0 bridgehead atoms. The summed E-state index contributed by atoms with van der Waals surface area (Å²) in [5.41, 5.74) is 24.3. The number of rotatable bonds is 2. The molecular formula is C60H61Br. The van der Waals surface area contributed by atoms with E-state index in [0.717, 1.165) is 6.42 Å². The lowest BCUT2D eigenvalue weighted by molar-refractivity contribution is 0.607. The Kier molecular flexibility index (Phi) is 11.8. The molecule has 6 aromatic carbocycles. The van der Waals surface area contributed by atoms with Crippen LogP contribution in [0, 0.1) is 20.8 Å². The van der Waals surface area contributed by atoms with Crippen LogP contribution in [-0.2, 0) is 16.2 Å². The van der Waals surface area contributed by atoms with Gasteiger partial charge in [0.15, 0.2) is 0 Å². The maximum absolute atomic E-state index is 4.01. The summed E-state index contributed by atoms with van der Waals surface area (Å²) < 4.78 is 0. The van der Waals surface area contributed by atoms with Gasteiger partial charge in [-0.2, -0.15) is 0 Å². The zero-order valence-electron chi connectivity index (χ0n) is 37.7. The summed E-state index contributed by atoms with van der Waals surface area (Å²) in [6.07, 6.45) is 14.9. The minimum atomic E-state index is -0.253. The Morgan fingerprint density at radius 3 is 1.59 bits per heavy atom. The van der Waals surface area contributed by atoms with E-state index in [4.69, 9.17) is 0 Å². The van der Waals surface area contributed by atoms with Gasteiger partial charge in [-0.1, -0.05) is 238 Å². The SMILES string of the molecule is CC.Cc1ccc2c(c1)C(C)(C)C1=C2C=CCC1.Cc1ccc2c(c1)C(C)(C)c1ccccc1-2.Cc1ccccc1C1(C2=CC=CCC2Br)c2ccccc2-c2ccccc21. The summed E-state index contributed by atoms with van der Waals surface area (Å²) in [4.78, 5) is 0.321. The maximum atomic E-state index is 4.01. The smallest absolute Gasteiger partial charge is 0.0690 e. The monoisotopic (exact) mass is 860 g/mol. The summed E-state index contributed by atoms with van der Waals surface area (Å²) in [7, 11) is 0. The van der Waals surface area contributed by atoms with E-state index in [9.17, 15) is 0 Å². The summed E-state index contributed by atoms with van der Waals surface area (Å²) >= 11 is 4.01. The molecule has 5 aliphatic rings. The molecular weight excluding hydrogens is 801 g/mol. The normalized spacial score (nSPS) is 18.3. The quantitative estimate of drug-likeness (QED) is 0.152. The highest BCUT2D eigenvalue weighted by molar-refractivity contribution is 9.09. The zero-order chi connectivity index (χ0) is 43.1. The Bertz CT molecular complexity index is 2700. The van der Waals surface area contributed by atoms with E-state index in [2.05, 4.69) is 228 Å². The Hall–Kier alpha value is -5.24. The third-order valence-corrected chi connectivity index (χ3v) is 14.7. The maximum Gasteiger partial charge on any atom is 0.0690 e. The van der Waals surface area contributed by atoms with Crippen LogP contribution in [0.25, 0.3) is 27.8 Å². The fourth-order valence-corrected chi connectivity index (χ4v) is 11.6. The molecule has 0 radical (unpaired) electrons. The number of allylic oxidation sites excluding steroid dienone is 8. The van der Waals surface area contributed by atoms with Gasteiger partial charge in [-0.3, -0.25) is 0 Å². The molecule has 308 valence electrons. The van der Waals surface area contributed by atoms with Crippen LogP contribution in [0.1, 0.15) is 116 Å². The summed E-state index contributed by atoms with van der Waals surface area (Å²) in [5.74, 6) is 0. The number of hydrogen-bond donors (Lipinski definition) is 0. The van der Waals surface area contributed by atoms with Gasteiger partial charge in [0.25, 0.3) is 0 Å². The van der Waals surface area contributed by atoms with Crippen molar-refractivity contribution in [1.29, 1.82) is 0 Å². The molecule has 1 unspecified atom stereocenters. The second-order valence-corrected chi connectivity index (χ2v) is 19.2. The van der Waals surface area contributed by atoms with Crippen LogP contribution in [0.5, 0.6) is 0 Å². The predicted octanol–water partition coefficient (Wildman–Crippen LogP) is 16.7. The van der Waals surface area contributed by atoms with Gasteiger partial charge >= 0.3 is 0 Å². The first-order valence-corrected chi connectivity index (χ1v) is 23.4. The second kappa shape index (κ2) is 16.9. The number of alkyl halides is 1. The van der Waals surface area contributed by atoms with Gasteiger partial charge in [0, 0.05) is 15.7 Å². The molecule has 0 fully saturated rings. The average Bonchev–Trinajstić information content (AvgIpc) is 3.80. The van der Waals surface area contributed by atoms with Crippen LogP contribution in [0.2, 0.25) is 0 Å². The molecule has 0 spiro atoms. The largest absolute Gasteiger partial charge is 0.0838 e. The van der Waals surface area contributed by atoms with Crippen LogP contribution < -0.4 is 0 Å². The third kappa shape index (κ3) is 7.08. The van der Waals surface area contributed by atoms with Crippen molar-refractivity contribution >= 4 is 21.5 Å². The van der Waals surface area contributed by atoms with Gasteiger partial charge < -0.3 is 0 Å². The fourth-order valence-electron chi connectivity index (χ4n) is 10.9. The molecule has 5 aliphatic carbocycles. The molecule has 0 nitrogen and oxygen atoms in total. The van der Waals surface area contributed by atoms with Gasteiger partial charge in [-0.25, -0.2) is 0 Å². The Labute approximate surface area is 375 Å². The first-order chi connectivity index (χ1) is 29.5. The minimum absolute atomic E-state index is 0.151. The number of fused-ring (bicyclic) bond motifs is 8. The molecule has 0 heterocycles. The minimum Gasteiger partial charge on any atom is -0.0838 e. The van der Waals surface area contributed by atoms with Gasteiger partial charge in [-0.05, 0) is 118 Å². The van der Waals surface area contributed by atoms with E-state index >= 15 is 0 Å². The standard InChI is InChI=1S/C26H21Br.C16H18.C16H16.C2H6/c1-18-10-2-5-13-21(18)26(24-16-8-9-17-25(24)27)22-14-6-3-11-19(22)20-12-4-7-15-23(20)26;2*1-11-8-9-13-12-6-4-5-7-14(12)16(2,3)15(13)10-11;1-2/h2-16,25H,17H2,1H3;4,6,8-10H,5,7H2,1-3H3;4-10H,1-3H3;1-2H3. The molecule has 1 heteroatoms. The summed E-state index contributed by atoms with van der Waals surface area (Å²) in [5, 5.41) is 0. The molecule has 0 saturated heterocycles. The molecule has 61 heavy (non-hydrogen) atoms. The lowest BCUT2D eigenvalue weighted by Gasteiger charge is -2.39. The predicted molar refractivity (Wildman–Crippen MR) is 267 cm³/mol. The zero-order valence-corrected chi connectivity index (χ0v) is 39.3. The van der Waals surface area contributed by atoms with E-state index in [-0.39, 0.29) is 16.2 Å². The summed E-state index contributed by atoms with van der Waals surface area (Å²) in [6.45, 7) is 20.0. The van der Waals surface area contributed by atoms with Crippen LogP contribution in [0.3, 0.4) is 0 Å². The van der Waals surface area contributed by atoms with Crippen molar-refractivity contribution in [3.63, 3.8) is 0 Å². The third-order valence-electron chi connectivity index (χ3n) is 13.8. The Morgan fingerprint density at radius 2 is 1.00 bits per heavy atom. The molecule has 11 rings (SSSR count). The average molecular weight is 862 g/mol. The first kappa shape index (κ1) is 42.5. The molecule has 0 amide bonds. The molecule has 0 aliphatic heterocycles. The Balaban J connectivity index is 0.000000131. The molecule has 1 atom stereocenters. The molecule has 0 aromatic heterocycles. The van der Waals surface area contributed by atoms with Crippen LogP contribution in [-0.4, -0.2) is 4.83 Å². The van der Waals surface area contributed by atoms with Crippen LogP contribution in [0.4, 0.5) is 0 Å². The van der Waals surface area contributed by atoms with Crippen LogP contribution in [0.15, 0.2) is 175 Å². The van der Waals surface area contributed by atoms with Crippen molar-refractivity contribution in [1.82, 2.24) is 0 Å². The highest BCUT2D eigenvalue weighted by Crippen LogP contribution is 2.59. The van der Waals surface area contributed by atoms with Gasteiger partial charge in [0.1, 0.15) is 0 Å². The lowest BCUT2D eigenvalue weighted by Crippen LogP contribution is -2.34. The number of hydrogen-bond acceptors (Lipinski definition) is 0. The van der Waals surface area contributed by atoms with Crippen molar-refractivity contribution in [3.05, 3.63) is 231 Å². The first-order valence-electron chi connectivity index (χ1n) is 22.4. The molecule has 0 saturated carbocycles. The van der Waals surface area contributed by atoms with E-state index in [1.807, 2.05) is 13.8 Å². The van der Waals surface area contributed by atoms with Crippen LogP contribution >= 0.6 is 15.9 Å². The van der Waals surface area contributed by atoms with Crippen molar-refractivity contribution in [2.24, 2.45) is 0 Å². The highest BCUT2D eigenvalue weighted by atomic mass is 79.9. The van der Waals surface area contributed by atoms with Crippen molar-refractivity contribution in [3.8, 4) is 22.3 Å². The number of halogens is 1. The lowest BCUT2D eigenvalue weighted by atomic mass is 9.64. The van der Waals surface area contributed by atoms with E-state index in [1.54, 1.807) is 5.57 Å². The van der Waals surface area contributed by atoms with E-state index in [0.29, 0.717) is 4.83 Å². The van der Waals surface area contributed by atoms with Crippen molar-refractivity contribution in [2.45, 2.75) is 103 Å². The van der Waals surface area contributed by atoms with E-state index in [1.165, 1.54) is 102 Å². The van der Waals surface area contributed by atoms with Gasteiger partial charge in [0.2, 0.25) is 0 Å². The molecule has 0 N–H and O–H groups in total. The number of aryl methyl sites for hydroxylation is 3. The topological polar surface area (TPSA) is 0 Å². The highest BCUT2D eigenvalue weighted by Gasteiger charge is 2.49. The summed E-state index contributed by atoms with van der Waals surface area (Å²) in [6, 6.07) is 49.2. The second-order valence-electron chi connectivity index (χ2n) is 18.1. The van der Waals surface area contributed by atoms with Crippen molar-refractivity contribution < 1.29 is 0 Å². The fraction of sp³-hybridized carbons (Fsp3) is 0.267.